The van der Waals surface area contributed by atoms with Gasteiger partial charge in [0, 0.05) is 23.5 Å². The van der Waals surface area contributed by atoms with Crippen molar-refractivity contribution < 1.29 is 14.0 Å². The molecule has 0 atom stereocenters. The summed E-state index contributed by atoms with van der Waals surface area (Å²) < 4.78 is 16.5. The fourth-order valence-corrected chi connectivity index (χ4v) is 2.38. The zero-order valence-corrected chi connectivity index (χ0v) is 13.8. The molecule has 25 heavy (non-hydrogen) atoms. The van der Waals surface area contributed by atoms with Crippen LogP contribution < -0.4 is 4.74 Å². The minimum atomic E-state index is 0.371. The molecule has 1 aliphatic carbocycles. The van der Waals surface area contributed by atoms with Gasteiger partial charge in [-0.15, -0.1) is 0 Å². The topological polar surface area (TPSA) is 70.3 Å². The summed E-state index contributed by atoms with van der Waals surface area (Å²) in [5.41, 5.74) is 1.91. The van der Waals surface area contributed by atoms with Crippen molar-refractivity contribution in [2.75, 3.05) is 6.61 Å². The molecule has 3 aromatic rings. The molecule has 2 heterocycles. The Bertz CT molecular complexity index is 798. The van der Waals surface area contributed by atoms with Crippen LogP contribution in [0.4, 0.5) is 0 Å². The van der Waals surface area contributed by atoms with Gasteiger partial charge in [-0.2, -0.15) is 4.98 Å². The lowest BCUT2D eigenvalue weighted by Crippen LogP contribution is -1.97. The molecule has 0 aliphatic heterocycles. The highest BCUT2D eigenvalue weighted by atomic mass is 16.5. The van der Waals surface area contributed by atoms with E-state index in [0.29, 0.717) is 24.9 Å². The number of aromatic nitrogens is 3. The summed E-state index contributed by atoms with van der Waals surface area (Å²) >= 11 is 0. The van der Waals surface area contributed by atoms with Gasteiger partial charge in [0.25, 0.3) is 5.89 Å². The number of hydrogen-bond acceptors (Lipinski definition) is 6. The van der Waals surface area contributed by atoms with E-state index in [1.54, 1.807) is 12.4 Å². The Hall–Kier alpha value is -2.73. The van der Waals surface area contributed by atoms with Crippen molar-refractivity contribution in [2.24, 2.45) is 5.92 Å². The number of benzene rings is 1. The normalized spacial score (nSPS) is 13.8. The van der Waals surface area contributed by atoms with Crippen molar-refractivity contribution in [3.63, 3.8) is 0 Å². The third kappa shape index (κ3) is 4.42. The summed E-state index contributed by atoms with van der Waals surface area (Å²) in [5, 5.41) is 4.01. The maximum Gasteiger partial charge on any atom is 0.252 e. The molecule has 0 N–H and O–H groups in total. The molecule has 0 bridgehead atoms. The Labute approximate surface area is 145 Å². The van der Waals surface area contributed by atoms with Gasteiger partial charge in [0.15, 0.2) is 0 Å². The molecule has 2 aromatic heterocycles. The Morgan fingerprint density at radius 3 is 2.72 bits per heavy atom. The minimum absolute atomic E-state index is 0.371. The predicted octanol–water partition coefficient (Wildman–Crippen LogP) is 3.64. The lowest BCUT2D eigenvalue weighted by atomic mass is 10.2. The maximum atomic E-state index is 5.75. The highest BCUT2D eigenvalue weighted by Gasteiger charge is 2.21. The van der Waals surface area contributed by atoms with Gasteiger partial charge in [0.2, 0.25) is 5.82 Å². The third-order valence-corrected chi connectivity index (χ3v) is 3.98. The van der Waals surface area contributed by atoms with Crippen LogP contribution in [0, 0.1) is 5.92 Å². The van der Waals surface area contributed by atoms with E-state index >= 15 is 0 Å². The lowest BCUT2D eigenvalue weighted by Gasteiger charge is -2.06. The van der Waals surface area contributed by atoms with Crippen LogP contribution in [0.15, 0.2) is 53.3 Å². The minimum Gasteiger partial charge on any atom is -0.489 e. The van der Waals surface area contributed by atoms with E-state index in [0.717, 1.165) is 29.4 Å². The first kappa shape index (κ1) is 15.8. The zero-order chi connectivity index (χ0) is 16.9. The molecule has 1 fully saturated rings. The second kappa shape index (κ2) is 7.44. The van der Waals surface area contributed by atoms with Crippen LogP contribution in [0.1, 0.15) is 24.3 Å². The van der Waals surface area contributed by atoms with Crippen LogP contribution in [-0.4, -0.2) is 21.7 Å². The molecule has 1 aromatic carbocycles. The molecule has 0 radical (unpaired) electrons. The van der Waals surface area contributed by atoms with Crippen molar-refractivity contribution in [2.45, 2.75) is 26.1 Å². The smallest absolute Gasteiger partial charge is 0.252 e. The van der Waals surface area contributed by atoms with E-state index in [-0.39, 0.29) is 0 Å². The highest BCUT2D eigenvalue weighted by molar-refractivity contribution is 5.55. The number of nitrogens with zero attached hydrogens (tertiary/aromatic N) is 3. The van der Waals surface area contributed by atoms with Gasteiger partial charge < -0.3 is 14.0 Å². The summed E-state index contributed by atoms with van der Waals surface area (Å²) in [7, 11) is 0. The molecule has 128 valence electrons. The molecule has 1 aliphatic rings. The Balaban J connectivity index is 1.32. The SMILES string of the molecule is c1cncc(COc2ccc(-c3noc(COCC4CC4)n3)cc2)c1. The van der Waals surface area contributed by atoms with Crippen LogP contribution in [0.25, 0.3) is 11.4 Å². The fourth-order valence-electron chi connectivity index (χ4n) is 2.38. The summed E-state index contributed by atoms with van der Waals surface area (Å²) in [6.45, 7) is 1.63. The molecule has 6 nitrogen and oxygen atoms in total. The first-order valence-corrected chi connectivity index (χ1v) is 8.39. The average Bonchev–Trinajstić information content (AvgIpc) is 3.37. The Morgan fingerprint density at radius 2 is 1.96 bits per heavy atom. The van der Waals surface area contributed by atoms with E-state index in [9.17, 15) is 0 Å². The predicted molar refractivity (Wildman–Crippen MR) is 90.7 cm³/mol. The number of rotatable bonds is 8. The van der Waals surface area contributed by atoms with E-state index in [2.05, 4.69) is 15.1 Å². The summed E-state index contributed by atoms with van der Waals surface area (Å²) in [4.78, 5) is 8.44. The first-order valence-electron chi connectivity index (χ1n) is 8.39. The van der Waals surface area contributed by atoms with Gasteiger partial charge in [-0.25, -0.2) is 0 Å². The van der Waals surface area contributed by atoms with E-state index in [1.807, 2.05) is 36.4 Å². The molecule has 0 saturated heterocycles. The van der Waals surface area contributed by atoms with Crippen LogP contribution in [0.3, 0.4) is 0 Å². The summed E-state index contributed by atoms with van der Waals surface area (Å²) in [6, 6.07) is 11.5. The van der Waals surface area contributed by atoms with Crippen molar-refractivity contribution in [1.29, 1.82) is 0 Å². The fraction of sp³-hybridized carbons (Fsp3) is 0.316. The standard InChI is InChI=1S/C19H19N3O3/c1-2-15(10-20-9-1)12-24-17-7-5-16(6-8-17)19-21-18(25-22-19)13-23-11-14-3-4-14/h1-2,5-10,14H,3-4,11-13H2. The molecule has 1 saturated carbocycles. The molecule has 6 heteroatoms. The largest absolute Gasteiger partial charge is 0.489 e. The van der Waals surface area contributed by atoms with Crippen LogP contribution in [-0.2, 0) is 18.0 Å². The third-order valence-electron chi connectivity index (χ3n) is 3.98. The van der Waals surface area contributed by atoms with Crippen LogP contribution in [0.2, 0.25) is 0 Å². The van der Waals surface area contributed by atoms with Gasteiger partial charge in [0.1, 0.15) is 19.0 Å². The highest BCUT2D eigenvalue weighted by Crippen LogP contribution is 2.29. The summed E-state index contributed by atoms with van der Waals surface area (Å²) in [5.74, 6) is 2.57. The number of hydrogen-bond donors (Lipinski definition) is 0. The molecule has 0 amide bonds. The van der Waals surface area contributed by atoms with Crippen molar-refractivity contribution in [1.82, 2.24) is 15.1 Å². The molecule has 0 unspecified atom stereocenters. The van der Waals surface area contributed by atoms with Gasteiger partial charge in [0.05, 0.1) is 6.61 Å². The Kier molecular flexibility index (Phi) is 4.70. The second-order valence-electron chi connectivity index (χ2n) is 6.14. The van der Waals surface area contributed by atoms with Gasteiger partial charge in [-0.3, -0.25) is 4.98 Å². The lowest BCUT2D eigenvalue weighted by molar-refractivity contribution is 0.0894. The van der Waals surface area contributed by atoms with Crippen LogP contribution in [0.5, 0.6) is 5.75 Å². The van der Waals surface area contributed by atoms with Gasteiger partial charge in [-0.05, 0) is 49.1 Å². The zero-order valence-electron chi connectivity index (χ0n) is 13.8. The monoisotopic (exact) mass is 337 g/mol. The van der Waals surface area contributed by atoms with E-state index < -0.39 is 0 Å². The van der Waals surface area contributed by atoms with E-state index in [1.165, 1.54) is 12.8 Å². The van der Waals surface area contributed by atoms with Gasteiger partial charge in [-0.1, -0.05) is 11.2 Å². The maximum absolute atomic E-state index is 5.75. The number of ether oxygens (including phenoxy) is 2. The first-order chi connectivity index (χ1) is 12.4. The molecular formula is C19H19N3O3. The number of pyridine rings is 1. The molecular weight excluding hydrogens is 318 g/mol. The quantitative estimate of drug-likeness (QED) is 0.625. The van der Waals surface area contributed by atoms with Crippen LogP contribution >= 0.6 is 0 Å². The summed E-state index contributed by atoms with van der Waals surface area (Å²) in [6.07, 6.45) is 6.07. The Morgan fingerprint density at radius 1 is 1.08 bits per heavy atom. The second-order valence-corrected chi connectivity index (χ2v) is 6.14. The van der Waals surface area contributed by atoms with Crippen molar-refractivity contribution >= 4 is 0 Å². The van der Waals surface area contributed by atoms with E-state index in [4.69, 9.17) is 14.0 Å². The molecule has 4 rings (SSSR count). The average molecular weight is 337 g/mol. The van der Waals surface area contributed by atoms with Gasteiger partial charge >= 0.3 is 0 Å². The van der Waals surface area contributed by atoms with Crippen molar-refractivity contribution in [3.8, 4) is 17.1 Å². The van der Waals surface area contributed by atoms with Crippen molar-refractivity contribution in [3.05, 3.63) is 60.2 Å². The molecule has 0 spiro atoms.